The minimum atomic E-state index is 0.444. The molecule has 0 saturated carbocycles. The molecule has 0 atom stereocenters. The van der Waals surface area contributed by atoms with E-state index in [4.69, 9.17) is 0 Å². The summed E-state index contributed by atoms with van der Waals surface area (Å²) in [7, 11) is 0. The van der Waals surface area contributed by atoms with Crippen LogP contribution in [0.3, 0.4) is 0 Å². The van der Waals surface area contributed by atoms with E-state index in [2.05, 4.69) is 25.7 Å². The van der Waals surface area contributed by atoms with Gasteiger partial charge in [-0.15, -0.1) is 0 Å². The van der Waals surface area contributed by atoms with Gasteiger partial charge in [0.05, 0.1) is 0 Å². The van der Waals surface area contributed by atoms with Crippen molar-refractivity contribution in [3.05, 3.63) is 0 Å². The largest absolute Gasteiger partial charge is 0.303 e. The number of hydrogen-bond acceptors (Lipinski definition) is 2. The lowest BCUT2D eigenvalue weighted by molar-refractivity contribution is -0.108. The summed E-state index contributed by atoms with van der Waals surface area (Å²) in [6, 6.07) is 0. The van der Waals surface area contributed by atoms with Crippen molar-refractivity contribution < 1.29 is 4.79 Å². The Hall–Kier alpha value is -0.370. The Balaban J connectivity index is 2.17. The number of carbonyl (C=O) groups excluding carboxylic acids is 1. The van der Waals surface area contributed by atoms with Gasteiger partial charge < -0.3 is 9.69 Å². The molecule has 0 aromatic rings. The third-order valence-electron chi connectivity index (χ3n) is 3.31. The lowest BCUT2D eigenvalue weighted by Gasteiger charge is -2.33. The number of hydrogen-bond donors (Lipinski definition) is 0. The number of nitrogens with zero attached hydrogens (tertiary/aromatic N) is 1. The van der Waals surface area contributed by atoms with Crippen LogP contribution < -0.4 is 0 Å². The predicted molar refractivity (Wildman–Crippen MR) is 63.9 cm³/mol. The number of rotatable bonds is 4. The van der Waals surface area contributed by atoms with Gasteiger partial charge in [-0.3, -0.25) is 0 Å². The Kier molecular flexibility index (Phi) is 4.78. The van der Waals surface area contributed by atoms with Gasteiger partial charge >= 0.3 is 0 Å². The van der Waals surface area contributed by atoms with Gasteiger partial charge in [0.2, 0.25) is 0 Å². The van der Waals surface area contributed by atoms with Crippen LogP contribution in [-0.4, -0.2) is 30.8 Å². The van der Waals surface area contributed by atoms with Crippen LogP contribution in [0.15, 0.2) is 0 Å². The van der Waals surface area contributed by atoms with Crippen LogP contribution in [0.4, 0.5) is 0 Å². The van der Waals surface area contributed by atoms with Crippen molar-refractivity contribution in [2.75, 3.05) is 19.6 Å². The molecule has 0 aromatic carbocycles. The summed E-state index contributed by atoms with van der Waals surface area (Å²) in [5.41, 5.74) is 0.444. The second kappa shape index (κ2) is 5.64. The van der Waals surface area contributed by atoms with Crippen molar-refractivity contribution in [2.24, 2.45) is 11.3 Å². The van der Waals surface area contributed by atoms with Gasteiger partial charge in [-0.25, -0.2) is 0 Å². The van der Waals surface area contributed by atoms with Gasteiger partial charge in [-0.1, -0.05) is 20.8 Å². The molecule has 0 N–H and O–H groups in total. The Morgan fingerprint density at radius 3 is 2.33 bits per heavy atom. The topological polar surface area (TPSA) is 20.3 Å². The van der Waals surface area contributed by atoms with Crippen molar-refractivity contribution in [3.8, 4) is 0 Å². The molecule has 1 rings (SSSR count). The minimum absolute atomic E-state index is 0.444. The first-order valence-corrected chi connectivity index (χ1v) is 6.17. The molecule has 1 aliphatic heterocycles. The normalized spacial score (nSPS) is 20.5. The first-order valence-electron chi connectivity index (χ1n) is 6.17. The molecule has 2 nitrogen and oxygen atoms in total. The maximum atomic E-state index is 10.4. The molecule has 1 heterocycles. The van der Waals surface area contributed by atoms with Crippen molar-refractivity contribution in [1.29, 1.82) is 0 Å². The Morgan fingerprint density at radius 2 is 1.87 bits per heavy atom. The summed E-state index contributed by atoms with van der Waals surface area (Å²) < 4.78 is 0. The van der Waals surface area contributed by atoms with Gasteiger partial charge in [-0.2, -0.15) is 0 Å². The summed E-state index contributed by atoms with van der Waals surface area (Å²) >= 11 is 0. The second-order valence-corrected chi connectivity index (χ2v) is 6.00. The van der Waals surface area contributed by atoms with Crippen molar-refractivity contribution in [1.82, 2.24) is 4.90 Å². The summed E-state index contributed by atoms with van der Waals surface area (Å²) in [4.78, 5) is 12.9. The van der Waals surface area contributed by atoms with E-state index in [1.807, 2.05) is 0 Å². The molecule has 1 aliphatic rings. The quantitative estimate of drug-likeness (QED) is 0.666. The summed E-state index contributed by atoms with van der Waals surface area (Å²) in [5.74, 6) is 0.661. The van der Waals surface area contributed by atoms with Crippen LogP contribution in [0.5, 0.6) is 0 Å². The van der Waals surface area contributed by atoms with E-state index in [1.54, 1.807) is 0 Å². The average molecular weight is 211 g/mol. The van der Waals surface area contributed by atoms with Crippen molar-refractivity contribution >= 4 is 6.29 Å². The van der Waals surface area contributed by atoms with E-state index < -0.39 is 0 Å². The summed E-state index contributed by atoms with van der Waals surface area (Å²) in [5, 5.41) is 0. The molecule has 88 valence electrons. The zero-order valence-corrected chi connectivity index (χ0v) is 10.5. The predicted octanol–water partition coefficient (Wildman–Crippen LogP) is 2.72. The molecule has 1 fully saturated rings. The monoisotopic (exact) mass is 211 g/mol. The average Bonchev–Trinajstić information content (AvgIpc) is 2.16. The molecular weight excluding hydrogens is 186 g/mol. The van der Waals surface area contributed by atoms with Crippen molar-refractivity contribution in [3.63, 3.8) is 0 Å². The molecule has 0 amide bonds. The van der Waals surface area contributed by atoms with E-state index in [1.165, 1.54) is 38.9 Å². The first kappa shape index (κ1) is 12.7. The van der Waals surface area contributed by atoms with Crippen LogP contribution in [0.25, 0.3) is 0 Å². The van der Waals surface area contributed by atoms with E-state index in [9.17, 15) is 4.79 Å². The zero-order valence-electron chi connectivity index (χ0n) is 10.5. The standard InChI is InChI=1S/C13H25NO/c1-13(2,3)7-10-14-8-4-12(5-9-14)6-11-15/h11-12H,4-10H2,1-3H3. The molecular formula is C13H25NO. The van der Waals surface area contributed by atoms with Gasteiger partial charge in [0.1, 0.15) is 6.29 Å². The molecule has 0 aromatic heterocycles. The highest BCUT2D eigenvalue weighted by atomic mass is 16.1. The molecule has 0 spiro atoms. The van der Waals surface area contributed by atoms with Crippen molar-refractivity contribution in [2.45, 2.75) is 46.5 Å². The minimum Gasteiger partial charge on any atom is -0.303 e. The van der Waals surface area contributed by atoms with Gasteiger partial charge in [0.25, 0.3) is 0 Å². The van der Waals surface area contributed by atoms with Gasteiger partial charge in [0, 0.05) is 6.42 Å². The molecule has 0 radical (unpaired) electrons. The number of carbonyl (C=O) groups is 1. The van der Waals surface area contributed by atoms with Gasteiger partial charge in [-0.05, 0) is 50.2 Å². The Bertz CT molecular complexity index is 187. The van der Waals surface area contributed by atoms with E-state index in [0.29, 0.717) is 11.3 Å². The smallest absolute Gasteiger partial charge is 0.120 e. The van der Waals surface area contributed by atoms with E-state index in [-0.39, 0.29) is 0 Å². The van der Waals surface area contributed by atoms with Crippen LogP contribution in [0.2, 0.25) is 0 Å². The fourth-order valence-corrected chi connectivity index (χ4v) is 2.08. The highest BCUT2D eigenvalue weighted by molar-refractivity contribution is 5.49. The van der Waals surface area contributed by atoms with Crippen LogP contribution in [0.1, 0.15) is 46.5 Å². The maximum absolute atomic E-state index is 10.4. The third kappa shape index (κ3) is 5.31. The summed E-state index contributed by atoms with van der Waals surface area (Å²) in [6.45, 7) is 10.5. The van der Waals surface area contributed by atoms with Crippen LogP contribution >= 0.6 is 0 Å². The fraction of sp³-hybridized carbons (Fsp3) is 0.923. The molecule has 0 bridgehead atoms. The molecule has 15 heavy (non-hydrogen) atoms. The zero-order chi connectivity index (χ0) is 11.3. The Labute approximate surface area is 94.0 Å². The second-order valence-electron chi connectivity index (χ2n) is 6.00. The van der Waals surface area contributed by atoms with Crippen LogP contribution in [0, 0.1) is 11.3 Å². The lowest BCUT2D eigenvalue weighted by Crippen LogP contribution is -2.35. The van der Waals surface area contributed by atoms with E-state index in [0.717, 1.165) is 12.7 Å². The molecule has 1 saturated heterocycles. The highest BCUT2D eigenvalue weighted by Crippen LogP contribution is 2.23. The number of likely N-dealkylation sites (tertiary alicyclic amines) is 1. The molecule has 2 heteroatoms. The number of aldehydes is 1. The maximum Gasteiger partial charge on any atom is 0.120 e. The Morgan fingerprint density at radius 1 is 1.27 bits per heavy atom. The van der Waals surface area contributed by atoms with Gasteiger partial charge in [0.15, 0.2) is 0 Å². The van der Waals surface area contributed by atoms with E-state index >= 15 is 0 Å². The summed E-state index contributed by atoms with van der Waals surface area (Å²) in [6.07, 6.45) is 5.54. The fourth-order valence-electron chi connectivity index (χ4n) is 2.08. The number of piperidine rings is 1. The SMILES string of the molecule is CC(C)(C)CCN1CCC(CC=O)CC1. The molecule has 0 aliphatic carbocycles. The third-order valence-corrected chi connectivity index (χ3v) is 3.31. The lowest BCUT2D eigenvalue weighted by atomic mass is 9.90. The first-order chi connectivity index (χ1) is 7.01. The highest BCUT2D eigenvalue weighted by Gasteiger charge is 2.20. The van der Waals surface area contributed by atoms with Crippen LogP contribution in [-0.2, 0) is 4.79 Å². The molecule has 0 unspecified atom stereocenters.